The van der Waals surface area contributed by atoms with Crippen LogP contribution in [0.5, 0.6) is 0 Å². The maximum Gasteiger partial charge on any atom is 0.416 e. The van der Waals surface area contributed by atoms with Gasteiger partial charge in [0.05, 0.1) is 11.3 Å². The summed E-state index contributed by atoms with van der Waals surface area (Å²) < 4.78 is 52.0. The maximum absolute atomic E-state index is 13.7. The van der Waals surface area contributed by atoms with Gasteiger partial charge in [0.1, 0.15) is 5.82 Å². The number of nitrogens with one attached hydrogen (secondary N) is 2. The Morgan fingerprint density at radius 1 is 0.933 bits per heavy atom. The third-order valence-corrected chi connectivity index (χ3v) is 4.58. The molecule has 3 N–H and O–H groups in total. The lowest BCUT2D eigenvalue weighted by molar-refractivity contribution is -0.137. The maximum atomic E-state index is 13.7. The molecule has 0 spiro atoms. The van der Waals surface area contributed by atoms with Gasteiger partial charge >= 0.3 is 18.3 Å². The summed E-state index contributed by atoms with van der Waals surface area (Å²) in [5, 5.41) is 13.5. The molecule has 2 aromatic rings. The monoisotopic (exact) mass is 426 g/mol. The van der Waals surface area contributed by atoms with Crippen molar-refractivity contribution in [2.75, 3.05) is 41.7 Å². The molecular formula is C19H18F4N4O3. The molecule has 0 unspecified atom stereocenters. The largest absolute Gasteiger partial charge is 0.465 e. The molecule has 0 radical (unpaired) electrons. The van der Waals surface area contributed by atoms with Gasteiger partial charge in [-0.05, 0) is 42.5 Å². The minimum absolute atomic E-state index is 0.354. The number of benzene rings is 2. The lowest BCUT2D eigenvalue weighted by Crippen LogP contribution is -2.48. The van der Waals surface area contributed by atoms with E-state index in [2.05, 4.69) is 10.6 Å². The molecule has 2 aromatic carbocycles. The Bertz CT molecular complexity index is 926. The first-order valence-electron chi connectivity index (χ1n) is 8.91. The standard InChI is InChI=1S/C19H18F4N4O3/c20-15-6-1-12(19(21,22)23)11-16(15)25-17(28)24-13-2-4-14(5-3-13)26-7-9-27(10-8-26)18(29)30/h1-6,11H,7-10H2,(H,29,30)(H2,24,25,28). The van der Waals surface area contributed by atoms with Gasteiger partial charge in [0.25, 0.3) is 0 Å². The Morgan fingerprint density at radius 3 is 2.13 bits per heavy atom. The molecule has 0 saturated carbocycles. The zero-order valence-corrected chi connectivity index (χ0v) is 15.5. The zero-order valence-electron chi connectivity index (χ0n) is 15.5. The van der Waals surface area contributed by atoms with Crippen molar-refractivity contribution in [3.8, 4) is 0 Å². The Labute approximate surface area is 168 Å². The van der Waals surface area contributed by atoms with Crippen molar-refractivity contribution in [1.82, 2.24) is 4.90 Å². The predicted octanol–water partition coefficient (Wildman–Crippen LogP) is 4.29. The third-order valence-electron chi connectivity index (χ3n) is 4.58. The predicted molar refractivity (Wildman–Crippen MR) is 102 cm³/mol. The second kappa shape index (κ2) is 8.47. The second-order valence-corrected chi connectivity index (χ2v) is 6.58. The number of anilines is 3. The van der Waals surface area contributed by atoms with Gasteiger partial charge in [-0.25, -0.2) is 14.0 Å². The van der Waals surface area contributed by atoms with E-state index in [-0.39, 0.29) is 0 Å². The number of hydrogen-bond donors (Lipinski definition) is 3. The average Bonchev–Trinajstić information content (AvgIpc) is 2.69. The molecule has 0 aromatic heterocycles. The van der Waals surface area contributed by atoms with Crippen molar-refractivity contribution in [2.24, 2.45) is 0 Å². The number of hydrogen-bond acceptors (Lipinski definition) is 3. The van der Waals surface area contributed by atoms with E-state index in [0.717, 1.165) is 5.69 Å². The van der Waals surface area contributed by atoms with Crippen molar-refractivity contribution in [3.63, 3.8) is 0 Å². The normalized spacial score (nSPS) is 14.4. The molecule has 1 aliphatic rings. The molecule has 7 nitrogen and oxygen atoms in total. The van der Waals surface area contributed by atoms with Gasteiger partial charge in [-0.2, -0.15) is 13.2 Å². The Morgan fingerprint density at radius 2 is 1.57 bits per heavy atom. The summed E-state index contributed by atoms with van der Waals surface area (Å²) in [6.45, 7) is 1.79. The van der Waals surface area contributed by atoms with Crippen LogP contribution >= 0.6 is 0 Å². The fraction of sp³-hybridized carbons (Fsp3) is 0.263. The molecule has 1 fully saturated rings. The van der Waals surface area contributed by atoms with Crippen LogP contribution < -0.4 is 15.5 Å². The first kappa shape index (κ1) is 21.2. The molecule has 1 heterocycles. The molecule has 160 valence electrons. The highest BCUT2D eigenvalue weighted by Crippen LogP contribution is 2.31. The number of piperazine rings is 1. The average molecular weight is 426 g/mol. The number of nitrogens with zero attached hydrogens (tertiary/aromatic N) is 2. The van der Waals surface area contributed by atoms with E-state index < -0.39 is 35.4 Å². The summed E-state index contributed by atoms with van der Waals surface area (Å²) in [6, 6.07) is 7.46. The molecule has 1 aliphatic heterocycles. The first-order valence-corrected chi connectivity index (χ1v) is 8.91. The topological polar surface area (TPSA) is 84.9 Å². The van der Waals surface area contributed by atoms with Crippen LogP contribution in [0.3, 0.4) is 0 Å². The lowest BCUT2D eigenvalue weighted by Gasteiger charge is -2.34. The van der Waals surface area contributed by atoms with Gasteiger partial charge < -0.3 is 25.5 Å². The number of rotatable bonds is 3. The minimum Gasteiger partial charge on any atom is -0.465 e. The highest BCUT2D eigenvalue weighted by Gasteiger charge is 2.31. The lowest BCUT2D eigenvalue weighted by atomic mass is 10.2. The zero-order chi connectivity index (χ0) is 21.9. The number of urea groups is 1. The fourth-order valence-corrected chi connectivity index (χ4v) is 2.99. The van der Waals surface area contributed by atoms with Crippen molar-refractivity contribution in [1.29, 1.82) is 0 Å². The second-order valence-electron chi connectivity index (χ2n) is 6.58. The third kappa shape index (κ3) is 5.10. The van der Waals surface area contributed by atoms with Crippen LogP contribution in [0.15, 0.2) is 42.5 Å². The number of halogens is 4. The van der Waals surface area contributed by atoms with E-state index >= 15 is 0 Å². The molecule has 0 atom stereocenters. The number of carbonyl (C=O) groups is 2. The Hall–Kier alpha value is -3.50. The fourth-order valence-electron chi connectivity index (χ4n) is 2.99. The quantitative estimate of drug-likeness (QED) is 0.640. The van der Waals surface area contributed by atoms with Crippen LogP contribution in [0.1, 0.15) is 5.56 Å². The van der Waals surface area contributed by atoms with E-state index in [1.807, 2.05) is 4.90 Å². The first-order chi connectivity index (χ1) is 14.1. The summed E-state index contributed by atoms with van der Waals surface area (Å²) in [5.41, 5.74) is -0.482. The van der Waals surface area contributed by atoms with Crippen molar-refractivity contribution in [2.45, 2.75) is 6.18 Å². The SMILES string of the molecule is O=C(Nc1ccc(N2CCN(C(=O)O)CC2)cc1)Nc1cc(C(F)(F)F)ccc1F. The summed E-state index contributed by atoms with van der Waals surface area (Å²) in [5.74, 6) is -0.992. The van der Waals surface area contributed by atoms with E-state index in [1.165, 1.54) is 4.90 Å². The molecule has 30 heavy (non-hydrogen) atoms. The Kier molecular flexibility index (Phi) is 5.99. The van der Waals surface area contributed by atoms with Crippen LogP contribution in [0.4, 0.5) is 44.2 Å². The molecule has 11 heteroatoms. The smallest absolute Gasteiger partial charge is 0.416 e. The van der Waals surface area contributed by atoms with Crippen molar-refractivity contribution < 1.29 is 32.3 Å². The van der Waals surface area contributed by atoms with Gasteiger partial charge in [0, 0.05) is 37.6 Å². The van der Waals surface area contributed by atoms with Crippen molar-refractivity contribution in [3.05, 3.63) is 53.8 Å². The number of carboxylic acid groups (broad SMARTS) is 1. The highest BCUT2D eigenvalue weighted by atomic mass is 19.4. The summed E-state index contributed by atoms with van der Waals surface area (Å²) in [4.78, 5) is 26.3. The van der Waals surface area contributed by atoms with Gasteiger partial charge in [0.15, 0.2) is 0 Å². The summed E-state index contributed by atoms with van der Waals surface area (Å²) >= 11 is 0. The van der Waals surface area contributed by atoms with Crippen molar-refractivity contribution >= 4 is 29.2 Å². The molecule has 3 amide bonds. The van der Waals surface area contributed by atoms with Crippen LogP contribution in [0, 0.1) is 5.82 Å². The summed E-state index contributed by atoms with van der Waals surface area (Å²) in [6.07, 6.45) is -5.62. The molecule has 1 saturated heterocycles. The van der Waals surface area contributed by atoms with Gasteiger partial charge in [-0.1, -0.05) is 0 Å². The highest BCUT2D eigenvalue weighted by molar-refractivity contribution is 6.00. The minimum atomic E-state index is -4.66. The number of carbonyl (C=O) groups excluding carboxylic acids is 1. The molecule has 0 bridgehead atoms. The van der Waals surface area contributed by atoms with Gasteiger partial charge in [-0.3, -0.25) is 0 Å². The molecule has 3 rings (SSSR count). The van der Waals surface area contributed by atoms with Crippen LogP contribution in [-0.4, -0.2) is 48.3 Å². The van der Waals surface area contributed by atoms with E-state index in [9.17, 15) is 27.2 Å². The molecule has 0 aliphatic carbocycles. The van der Waals surface area contributed by atoms with Crippen LogP contribution in [-0.2, 0) is 6.18 Å². The Balaban J connectivity index is 1.60. The number of amides is 3. The van der Waals surface area contributed by atoms with Gasteiger partial charge in [-0.15, -0.1) is 0 Å². The summed E-state index contributed by atoms with van der Waals surface area (Å²) in [7, 11) is 0. The van der Waals surface area contributed by atoms with Crippen LogP contribution in [0.2, 0.25) is 0 Å². The molecular weight excluding hydrogens is 408 g/mol. The van der Waals surface area contributed by atoms with Gasteiger partial charge in [0.2, 0.25) is 0 Å². The van der Waals surface area contributed by atoms with E-state index in [4.69, 9.17) is 5.11 Å². The van der Waals surface area contributed by atoms with E-state index in [1.54, 1.807) is 24.3 Å². The number of alkyl halides is 3. The van der Waals surface area contributed by atoms with Crippen LogP contribution in [0.25, 0.3) is 0 Å². The van der Waals surface area contributed by atoms with E-state index in [0.29, 0.717) is 50.1 Å².